The fraction of sp³-hybridized carbons (Fsp3) is 0.414. The number of carbonyl (C=O) groups excluding carboxylic acids is 3. The average molecular weight is 539 g/mol. The maximum atomic E-state index is 13.8. The van der Waals surface area contributed by atoms with Crippen LogP contribution < -0.4 is 9.64 Å². The number of fused-ring (bicyclic) bond motifs is 1. The Hall–Kier alpha value is -3.46. The molecule has 1 aliphatic heterocycles. The van der Waals surface area contributed by atoms with Crippen LogP contribution in [0.3, 0.4) is 0 Å². The van der Waals surface area contributed by atoms with E-state index >= 15 is 0 Å². The standard InChI is InChI=1S/C29H34N2O6S/c1-17-8-14-21(15-9-17)38(35)22-16-18(2)25(24-23(22)26(32)30(6)27(24)33)31(28(34)37-29(3,4)5)19-10-12-20(36-7)13-11-19/h8-16,22-25H,1-7H3/t22-,23-,24-,25+,38+/m1/s1. The van der Waals surface area contributed by atoms with Gasteiger partial charge in [-0.25, -0.2) is 4.79 Å². The topological polar surface area (TPSA) is 93.2 Å². The van der Waals surface area contributed by atoms with Crippen molar-refractivity contribution in [3.8, 4) is 5.75 Å². The summed E-state index contributed by atoms with van der Waals surface area (Å²) < 4.78 is 24.8. The molecule has 0 aromatic heterocycles. The number of methoxy groups -OCH3 is 1. The SMILES string of the molecule is COc1ccc(N(C(=O)OC(C)(C)C)[C@H]2C(C)=C[C@@H]([S@@](=O)c3ccc(C)cc3)[C@H]3C(=O)N(C)C(=O)[C@H]32)cc1. The van der Waals surface area contributed by atoms with Crippen LogP contribution in [0.5, 0.6) is 5.75 Å². The maximum Gasteiger partial charge on any atom is 0.415 e. The number of imide groups is 1. The van der Waals surface area contributed by atoms with Crippen LogP contribution in [-0.2, 0) is 25.1 Å². The molecular formula is C29H34N2O6S. The predicted octanol–water partition coefficient (Wildman–Crippen LogP) is 4.48. The number of hydrogen-bond acceptors (Lipinski definition) is 6. The molecule has 0 unspecified atom stereocenters. The monoisotopic (exact) mass is 538 g/mol. The lowest BCUT2D eigenvalue weighted by Crippen LogP contribution is -2.54. The van der Waals surface area contributed by atoms with Crippen LogP contribution >= 0.6 is 0 Å². The summed E-state index contributed by atoms with van der Waals surface area (Å²) in [6, 6.07) is 13.4. The summed E-state index contributed by atoms with van der Waals surface area (Å²) in [5.41, 5.74) is 1.38. The Kier molecular flexibility index (Phi) is 7.52. The van der Waals surface area contributed by atoms with Gasteiger partial charge in [0.1, 0.15) is 11.4 Å². The first-order chi connectivity index (χ1) is 17.8. The summed E-state index contributed by atoms with van der Waals surface area (Å²) in [7, 11) is 1.39. The van der Waals surface area contributed by atoms with E-state index in [0.717, 1.165) is 10.5 Å². The molecule has 202 valence electrons. The highest BCUT2D eigenvalue weighted by Crippen LogP contribution is 2.44. The number of carbonyl (C=O) groups is 3. The number of aryl methyl sites for hydroxylation is 1. The minimum absolute atomic E-state index is 0.405. The second-order valence-corrected chi connectivity index (χ2v) is 12.4. The molecule has 3 amide bonds. The normalized spacial score (nSPS) is 24.0. The van der Waals surface area contributed by atoms with Crippen molar-refractivity contribution in [3.63, 3.8) is 0 Å². The highest BCUT2D eigenvalue weighted by molar-refractivity contribution is 7.86. The van der Waals surface area contributed by atoms with Crippen molar-refractivity contribution in [2.45, 2.75) is 56.4 Å². The summed E-state index contributed by atoms with van der Waals surface area (Å²) in [5.74, 6) is -2.03. The fourth-order valence-electron chi connectivity index (χ4n) is 5.11. The highest BCUT2D eigenvalue weighted by Gasteiger charge is 2.58. The van der Waals surface area contributed by atoms with Crippen LogP contribution in [-0.4, -0.2) is 58.1 Å². The van der Waals surface area contributed by atoms with Gasteiger partial charge in [-0.15, -0.1) is 0 Å². The van der Waals surface area contributed by atoms with Gasteiger partial charge in [0.05, 0.1) is 41.0 Å². The smallest absolute Gasteiger partial charge is 0.415 e. The Balaban J connectivity index is 1.85. The number of rotatable bonds is 5. The summed E-state index contributed by atoms with van der Waals surface area (Å²) >= 11 is 0. The lowest BCUT2D eigenvalue weighted by Gasteiger charge is -2.41. The van der Waals surface area contributed by atoms with Gasteiger partial charge >= 0.3 is 6.09 Å². The number of anilines is 1. The molecule has 0 bridgehead atoms. The molecule has 1 heterocycles. The van der Waals surface area contributed by atoms with Gasteiger partial charge in [0, 0.05) is 17.6 Å². The van der Waals surface area contributed by atoms with E-state index in [1.165, 1.54) is 11.9 Å². The van der Waals surface area contributed by atoms with Gasteiger partial charge < -0.3 is 9.47 Å². The minimum atomic E-state index is -1.59. The average Bonchev–Trinajstić information content (AvgIpc) is 3.08. The molecule has 0 N–H and O–H groups in total. The van der Waals surface area contributed by atoms with Crippen LogP contribution in [0.4, 0.5) is 10.5 Å². The van der Waals surface area contributed by atoms with E-state index < -0.39 is 57.4 Å². The highest BCUT2D eigenvalue weighted by atomic mass is 32.2. The van der Waals surface area contributed by atoms with Gasteiger partial charge in [-0.2, -0.15) is 0 Å². The Morgan fingerprint density at radius 1 is 0.947 bits per heavy atom. The zero-order valence-corrected chi connectivity index (χ0v) is 23.6. The Labute approximate surface area is 226 Å². The Bertz CT molecular complexity index is 1300. The van der Waals surface area contributed by atoms with Crippen LogP contribution in [0.25, 0.3) is 0 Å². The van der Waals surface area contributed by atoms with Gasteiger partial charge in [-0.3, -0.25) is 23.6 Å². The molecular weight excluding hydrogens is 504 g/mol. The molecule has 1 fully saturated rings. The summed E-state index contributed by atoms with van der Waals surface area (Å²) in [5, 5.41) is -0.725. The number of benzene rings is 2. The van der Waals surface area contributed by atoms with Crippen molar-refractivity contribution in [1.82, 2.24) is 4.90 Å². The molecule has 1 saturated heterocycles. The summed E-state index contributed by atoms with van der Waals surface area (Å²) in [6.45, 7) is 9.04. The van der Waals surface area contributed by atoms with E-state index in [0.29, 0.717) is 21.9 Å². The maximum absolute atomic E-state index is 13.8. The first-order valence-electron chi connectivity index (χ1n) is 12.5. The van der Waals surface area contributed by atoms with Crippen molar-refractivity contribution < 1.29 is 28.1 Å². The molecule has 2 aromatic rings. The summed E-state index contributed by atoms with van der Waals surface area (Å²) in [6.07, 6.45) is 1.14. The molecule has 0 radical (unpaired) electrons. The van der Waals surface area contributed by atoms with Crippen molar-refractivity contribution in [1.29, 1.82) is 0 Å². The molecule has 2 aromatic carbocycles. The Morgan fingerprint density at radius 3 is 2.08 bits per heavy atom. The third-order valence-corrected chi connectivity index (χ3v) is 8.59. The van der Waals surface area contributed by atoms with E-state index in [2.05, 4.69) is 0 Å². The minimum Gasteiger partial charge on any atom is -0.497 e. The zero-order valence-electron chi connectivity index (χ0n) is 22.8. The molecule has 0 saturated carbocycles. The molecule has 5 atom stereocenters. The number of nitrogens with zero attached hydrogens (tertiary/aromatic N) is 2. The number of amides is 3. The van der Waals surface area contributed by atoms with E-state index in [9.17, 15) is 18.6 Å². The van der Waals surface area contributed by atoms with Crippen LogP contribution in [0.15, 0.2) is 65.1 Å². The lowest BCUT2D eigenvalue weighted by atomic mass is 9.76. The third-order valence-electron chi connectivity index (χ3n) is 6.93. The summed E-state index contributed by atoms with van der Waals surface area (Å²) in [4.78, 5) is 43.8. The molecule has 2 aliphatic rings. The van der Waals surface area contributed by atoms with Crippen LogP contribution in [0.1, 0.15) is 33.3 Å². The molecule has 1 aliphatic carbocycles. The van der Waals surface area contributed by atoms with Gasteiger partial charge in [-0.05, 0) is 71.0 Å². The quantitative estimate of drug-likeness (QED) is 0.412. The lowest BCUT2D eigenvalue weighted by molar-refractivity contribution is -0.138. The number of hydrogen-bond donors (Lipinski definition) is 0. The molecule has 0 spiro atoms. The second kappa shape index (κ2) is 10.4. The predicted molar refractivity (Wildman–Crippen MR) is 145 cm³/mol. The van der Waals surface area contributed by atoms with Gasteiger partial charge in [0.15, 0.2) is 0 Å². The van der Waals surface area contributed by atoms with E-state index in [1.54, 1.807) is 77.3 Å². The molecule has 9 heteroatoms. The van der Waals surface area contributed by atoms with Gasteiger partial charge in [0.2, 0.25) is 11.8 Å². The number of likely N-dealkylation sites (tertiary alicyclic amines) is 1. The second-order valence-electron chi connectivity index (χ2n) is 10.8. The number of ether oxygens (including phenoxy) is 2. The third kappa shape index (κ3) is 5.12. The van der Waals surface area contributed by atoms with E-state index in [-0.39, 0.29) is 0 Å². The zero-order chi connectivity index (χ0) is 27.9. The first-order valence-corrected chi connectivity index (χ1v) is 13.7. The van der Waals surface area contributed by atoms with Gasteiger partial charge in [0.25, 0.3) is 0 Å². The van der Waals surface area contributed by atoms with Crippen molar-refractivity contribution in [2.24, 2.45) is 11.8 Å². The largest absolute Gasteiger partial charge is 0.497 e. The molecule has 4 rings (SSSR count). The molecule has 38 heavy (non-hydrogen) atoms. The van der Waals surface area contributed by atoms with Crippen molar-refractivity contribution >= 4 is 34.4 Å². The van der Waals surface area contributed by atoms with E-state index in [1.807, 2.05) is 19.1 Å². The first kappa shape index (κ1) is 27.6. The van der Waals surface area contributed by atoms with Crippen molar-refractivity contribution in [2.75, 3.05) is 19.1 Å². The van der Waals surface area contributed by atoms with Crippen molar-refractivity contribution in [3.05, 3.63) is 65.7 Å². The van der Waals surface area contributed by atoms with Crippen LogP contribution in [0, 0.1) is 18.8 Å². The van der Waals surface area contributed by atoms with Gasteiger partial charge in [-0.1, -0.05) is 29.3 Å². The fourth-order valence-corrected chi connectivity index (χ4v) is 6.72. The van der Waals surface area contributed by atoms with E-state index in [4.69, 9.17) is 9.47 Å². The Morgan fingerprint density at radius 2 is 1.53 bits per heavy atom. The van der Waals surface area contributed by atoms with Crippen LogP contribution in [0.2, 0.25) is 0 Å². The molecule has 8 nitrogen and oxygen atoms in total.